The largest absolute Gasteiger partial charge is 0.384 e. The third-order valence-corrected chi connectivity index (χ3v) is 9.25. The molecule has 0 spiro atoms. The van der Waals surface area contributed by atoms with Crippen molar-refractivity contribution in [3.63, 3.8) is 0 Å². The van der Waals surface area contributed by atoms with Crippen LogP contribution in [0, 0.1) is 35.0 Å². The second-order valence-electron chi connectivity index (χ2n) is 10.6. The molecule has 1 heterocycles. The molecule has 0 saturated heterocycles. The molecule has 5 rings (SSSR count). The Morgan fingerprint density at radius 1 is 1.20 bits per heavy atom. The Hall–Kier alpha value is -1.56. The zero-order valence-electron chi connectivity index (χ0n) is 17.8. The number of hydrogen-bond donors (Lipinski definition) is 1. The summed E-state index contributed by atoms with van der Waals surface area (Å²) in [4.78, 5) is 1.73. The molecule has 4 aliphatic carbocycles. The molecule has 7 atom stereocenters. The Labute approximate surface area is 177 Å². The fourth-order valence-corrected chi connectivity index (χ4v) is 7.79. The van der Waals surface area contributed by atoms with E-state index in [0.29, 0.717) is 42.6 Å². The van der Waals surface area contributed by atoms with Crippen LogP contribution in [0.25, 0.3) is 0 Å². The lowest BCUT2D eigenvalue weighted by atomic mass is 9.51. The molecule has 0 aliphatic heterocycles. The molecule has 0 radical (unpaired) electrons. The molecule has 0 amide bonds. The van der Waals surface area contributed by atoms with E-state index < -0.39 is 12.0 Å². The van der Waals surface area contributed by atoms with Crippen LogP contribution in [-0.4, -0.2) is 32.1 Å². The monoisotopic (exact) mass is 417 g/mol. The van der Waals surface area contributed by atoms with Crippen molar-refractivity contribution in [1.29, 1.82) is 0 Å². The van der Waals surface area contributed by atoms with Gasteiger partial charge >= 0.3 is 0 Å². The van der Waals surface area contributed by atoms with Gasteiger partial charge in [0, 0.05) is 6.42 Å². The number of hydrogen-bond acceptors (Lipinski definition) is 3. The maximum absolute atomic E-state index is 13.4. The van der Waals surface area contributed by atoms with Gasteiger partial charge in [-0.25, -0.2) is 8.78 Å². The van der Waals surface area contributed by atoms with Crippen LogP contribution < -0.4 is 0 Å². The second kappa shape index (κ2) is 7.25. The van der Waals surface area contributed by atoms with Gasteiger partial charge < -0.3 is 5.11 Å². The summed E-state index contributed by atoms with van der Waals surface area (Å²) in [6, 6.07) is 0. The predicted molar refractivity (Wildman–Crippen MR) is 111 cm³/mol. The first-order valence-corrected chi connectivity index (χ1v) is 11.5. The molecule has 30 heavy (non-hydrogen) atoms. The standard InChI is InChI=1S/C24H33F2N3O/c1-15(14-29-27-11-12-28-29)20-5-6-21-19-4-3-16-13-24(30,22(25)26)10-8-17(16)18(19)7-9-23(20,21)2/h3,11-12,17-22,30H,1,4-10,13-14H2,2H3/t17-,18+,19+,20+,21-,23+,24+/m0/s1. The number of nitrogens with zero attached hydrogens (tertiary/aromatic N) is 3. The van der Waals surface area contributed by atoms with Gasteiger partial charge in [-0.2, -0.15) is 15.0 Å². The van der Waals surface area contributed by atoms with Crippen molar-refractivity contribution >= 4 is 0 Å². The summed E-state index contributed by atoms with van der Waals surface area (Å²) in [7, 11) is 0. The van der Waals surface area contributed by atoms with Crippen LogP contribution in [0.3, 0.4) is 0 Å². The van der Waals surface area contributed by atoms with E-state index >= 15 is 0 Å². The van der Waals surface area contributed by atoms with E-state index in [4.69, 9.17) is 0 Å². The molecule has 1 aromatic heterocycles. The van der Waals surface area contributed by atoms with E-state index in [9.17, 15) is 13.9 Å². The minimum Gasteiger partial charge on any atom is -0.384 e. The fourth-order valence-electron chi connectivity index (χ4n) is 7.79. The van der Waals surface area contributed by atoms with Crippen molar-refractivity contribution in [1.82, 2.24) is 15.0 Å². The molecule has 1 aromatic rings. The van der Waals surface area contributed by atoms with Crippen LogP contribution in [0.1, 0.15) is 58.3 Å². The quantitative estimate of drug-likeness (QED) is 0.700. The summed E-state index contributed by atoms with van der Waals surface area (Å²) in [5.74, 6) is 2.77. The minimum atomic E-state index is -2.65. The van der Waals surface area contributed by atoms with Crippen molar-refractivity contribution in [2.75, 3.05) is 0 Å². The van der Waals surface area contributed by atoms with Gasteiger partial charge in [0.25, 0.3) is 6.43 Å². The number of fused-ring (bicyclic) bond motifs is 5. The summed E-state index contributed by atoms with van der Waals surface area (Å²) in [5.41, 5.74) is 0.795. The zero-order valence-corrected chi connectivity index (χ0v) is 17.8. The number of aromatic nitrogens is 3. The van der Waals surface area contributed by atoms with Gasteiger partial charge in [-0.05, 0) is 80.0 Å². The third-order valence-electron chi connectivity index (χ3n) is 9.25. The summed E-state index contributed by atoms with van der Waals surface area (Å²) in [5, 5.41) is 18.9. The average Bonchev–Trinajstić information content (AvgIpc) is 3.34. The topological polar surface area (TPSA) is 50.9 Å². The van der Waals surface area contributed by atoms with Crippen LogP contribution in [-0.2, 0) is 6.54 Å². The smallest absolute Gasteiger partial charge is 0.267 e. The van der Waals surface area contributed by atoms with Gasteiger partial charge in [-0.15, -0.1) is 0 Å². The normalized spacial score (nSPS) is 43.0. The Kier molecular flexibility index (Phi) is 4.92. The van der Waals surface area contributed by atoms with Gasteiger partial charge in [-0.1, -0.05) is 30.7 Å². The highest BCUT2D eigenvalue weighted by atomic mass is 19.3. The van der Waals surface area contributed by atoms with Crippen LogP contribution in [0.15, 0.2) is 36.2 Å². The van der Waals surface area contributed by atoms with Crippen LogP contribution in [0.4, 0.5) is 8.78 Å². The molecule has 164 valence electrons. The second-order valence-corrected chi connectivity index (χ2v) is 10.6. The van der Waals surface area contributed by atoms with Gasteiger partial charge in [0.05, 0.1) is 18.9 Å². The van der Waals surface area contributed by atoms with Crippen molar-refractivity contribution < 1.29 is 13.9 Å². The number of aliphatic hydroxyl groups is 1. The summed E-state index contributed by atoms with van der Waals surface area (Å²) in [6.45, 7) is 7.59. The summed E-state index contributed by atoms with van der Waals surface area (Å²) in [6.07, 6.45) is 9.82. The third kappa shape index (κ3) is 3.09. The van der Waals surface area contributed by atoms with Gasteiger partial charge in [0.15, 0.2) is 0 Å². The van der Waals surface area contributed by atoms with E-state index in [2.05, 4.69) is 29.8 Å². The van der Waals surface area contributed by atoms with Crippen molar-refractivity contribution in [2.45, 2.75) is 76.9 Å². The van der Waals surface area contributed by atoms with Gasteiger partial charge in [-0.3, -0.25) is 0 Å². The number of rotatable bonds is 4. The minimum absolute atomic E-state index is 0.163. The van der Waals surface area contributed by atoms with Crippen LogP contribution in [0.2, 0.25) is 0 Å². The van der Waals surface area contributed by atoms with E-state index in [0.717, 1.165) is 18.4 Å². The van der Waals surface area contributed by atoms with Gasteiger partial charge in [0.1, 0.15) is 5.60 Å². The van der Waals surface area contributed by atoms with Crippen LogP contribution in [0.5, 0.6) is 0 Å². The number of alkyl halides is 2. The lowest BCUT2D eigenvalue weighted by Crippen LogP contribution is -2.49. The molecule has 4 aliphatic rings. The molecule has 0 unspecified atom stereocenters. The molecule has 6 heteroatoms. The summed E-state index contributed by atoms with van der Waals surface area (Å²) >= 11 is 0. The Balaban J connectivity index is 1.34. The summed E-state index contributed by atoms with van der Waals surface area (Å²) < 4.78 is 26.8. The average molecular weight is 418 g/mol. The molecule has 0 aromatic carbocycles. The highest BCUT2D eigenvalue weighted by Crippen LogP contribution is 2.64. The van der Waals surface area contributed by atoms with Crippen LogP contribution >= 0.6 is 0 Å². The molecular weight excluding hydrogens is 384 g/mol. The maximum atomic E-state index is 13.4. The Bertz CT molecular complexity index is 838. The molecule has 3 fully saturated rings. The molecule has 0 bridgehead atoms. The fraction of sp³-hybridized carbons (Fsp3) is 0.750. The Morgan fingerprint density at radius 3 is 2.70 bits per heavy atom. The zero-order chi connectivity index (χ0) is 21.1. The van der Waals surface area contributed by atoms with E-state index in [1.807, 2.05) is 0 Å². The lowest BCUT2D eigenvalue weighted by Gasteiger charge is -2.54. The Morgan fingerprint density at radius 2 is 1.97 bits per heavy atom. The van der Waals surface area contributed by atoms with E-state index in [1.54, 1.807) is 17.2 Å². The van der Waals surface area contributed by atoms with E-state index in [-0.39, 0.29) is 18.3 Å². The predicted octanol–water partition coefficient (Wildman–Crippen LogP) is 5.02. The first-order valence-electron chi connectivity index (χ1n) is 11.5. The maximum Gasteiger partial charge on any atom is 0.267 e. The highest BCUT2D eigenvalue weighted by Gasteiger charge is 2.57. The van der Waals surface area contributed by atoms with Crippen molar-refractivity contribution in [2.24, 2.45) is 35.0 Å². The molecule has 3 saturated carbocycles. The van der Waals surface area contributed by atoms with E-state index in [1.165, 1.54) is 24.8 Å². The molecule has 1 N–H and O–H groups in total. The highest BCUT2D eigenvalue weighted by molar-refractivity contribution is 5.23. The van der Waals surface area contributed by atoms with Crippen molar-refractivity contribution in [3.05, 3.63) is 36.2 Å². The molecular formula is C24H33F2N3O. The van der Waals surface area contributed by atoms with Gasteiger partial charge in [0.2, 0.25) is 0 Å². The first kappa shape index (κ1) is 20.3. The SMILES string of the molecule is C=C(Cn1nccn1)[C@H]1CC[C@H]2[C@@H]3CC=C4C[C@@](O)(C(F)F)CC[C@@H]4[C@H]3CC[C@]12C. The molecule has 4 nitrogen and oxygen atoms in total. The van der Waals surface area contributed by atoms with Crippen molar-refractivity contribution in [3.8, 4) is 0 Å². The first-order chi connectivity index (χ1) is 14.3. The number of allylic oxidation sites excluding steroid dienone is 2. The number of halogens is 2. The lowest BCUT2D eigenvalue weighted by molar-refractivity contribution is -0.119.